The van der Waals surface area contributed by atoms with Gasteiger partial charge in [-0.05, 0) is 89.5 Å². The van der Waals surface area contributed by atoms with Gasteiger partial charge in [0.15, 0.2) is 0 Å². The van der Waals surface area contributed by atoms with Gasteiger partial charge in [0.2, 0.25) is 5.91 Å². The van der Waals surface area contributed by atoms with Crippen molar-refractivity contribution >= 4 is 19.7 Å². The summed E-state index contributed by atoms with van der Waals surface area (Å²) >= 11 is 0. The monoisotopic (exact) mass is 1150 g/mol. The molecule has 0 bridgehead atoms. The SMILES string of the molecule is CCCCC/C=C\C/C=C\CCCCCCCCCCCCCC(=O)OC(/C=C/CCCCCCCCCCCC)C(COP(=O)(O)OCC[N+](C)(C)C)NC(=O)CCCCCCCCCCCCC/C=C/CCCCCCCC. The van der Waals surface area contributed by atoms with Crippen LogP contribution >= 0.6 is 7.82 Å². The fourth-order valence-corrected chi connectivity index (χ4v) is 10.9. The summed E-state index contributed by atoms with van der Waals surface area (Å²) in [6.07, 6.45) is 75.4. The van der Waals surface area contributed by atoms with Gasteiger partial charge in [0.25, 0.3) is 0 Å². The molecular formula is C70H134N2O7P+. The minimum absolute atomic E-state index is 0.0409. The lowest BCUT2D eigenvalue weighted by Crippen LogP contribution is -2.47. The molecule has 0 fully saturated rings. The minimum Gasteiger partial charge on any atom is -0.456 e. The summed E-state index contributed by atoms with van der Waals surface area (Å²) in [5.74, 6) is -0.495. The van der Waals surface area contributed by atoms with Crippen molar-refractivity contribution in [3.63, 3.8) is 0 Å². The van der Waals surface area contributed by atoms with Crippen LogP contribution in [0.1, 0.15) is 335 Å². The Hall–Kier alpha value is -2.03. The van der Waals surface area contributed by atoms with Crippen molar-refractivity contribution in [1.82, 2.24) is 5.32 Å². The van der Waals surface area contributed by atoms with Crippen LogP contribution in [-0.2, 0) is 27.9 Å². The van der Waals surface area contributed by atoms with Gasteiger partial charge < -0.3 is 19.4 Å². The van der Waals surface area contributed by atoms with Crippen LogP contribution in [0.25, 0.3) is 0 Å². The average molecular weight is 1150 g/mol. The van der Waals surface area contributed by atoms with Crippen molar-refractivity contribution in [2.24, 2.45) is 0 Å². The maximum Gasteiger partial charge on any atom is 0.472 e. The zero-order chi connectivity index (χ0) is 58.6. The maximum absolute atomic E-state index is 13.6. The quantitative estimate of drug-likeness (QED) is 0.0205. The van der Waals surface area contributed by atoms with E-state index in [0.717, 1.165) is 64.2 Å². The highest BCUT2D eigenvalue weighted by atomic mass is 31.2. The van der Waals surface area contributed by atoms with Crippen molar-refractivity contribution in [2.75, 3.05) is 40.9 Å². The minimum atomic E-state index is -4.45. The zero-order valence-electron chi connectivity index (χ0n) is 53.8. The van der Waals surface area contributed by atoms with Crippen molar-refractivity contribution in [3.05, 3.63) is 48.6 Å². The van der Waals surface area contributed by atoms with Gasteiger partial charge >= 0.3 is 13.8 Å². The van der Waals surface area contributed by atoms with E-state index in [1.54, 1.807) is 0 Å². The Balaban J connectivity index is 5.11. The first-order chi connectivity index (χ1) is 38.9. The second-order valence-corrected chi connectivity index (χ2v) is 26.1. The molecule has 0 saturated carbocycles. The molecule has 0 aliphatic heterocycles. The zero-order valence-corrected chi connectivity index (χ0v) is 54.7. The van der Waals surface area contributed by atoms with Gasteiger partial charge in [0, 0.05) is 12.8 Å². The lowest BCUT2D eigenvalue weighted by Gasteiger charge is -2.27. The number of nitrogens with one attached hydrogen (secondary N) is 1. The van der Waals surface area contributed by atoms with Crippen LogP contribution in [-0.4, -0.2) is 74.3 Å². The number of phosphoric ester groups is 1. The third-order valence-corrected chi connectivity index (χ3v) is 16.5. The number of carbonyl (C=O) groups is 2. The summed E-state index contributed by atoms with van der Waals surface area (Å²) < 4.78 is 30.8. The first-order valence-corrected chi connectivity index (χ1v) is 36.0. The van der Waals surface area contributed by atoms with E-state index in [2.05, 4.69) is 62.5 Å². The Kier molecular flexibility index (Phi) is 58.6. The maximum atomic E-state index is 13.6. The number of quaternary nitrogens is 1. The molecule has 0 heterocycles. The third kappa shape index (κ3) is 60.6. The van der Waals surface area contributed by atoms with Crippen LogP contribution in [0.3, 0.4) is 0 Å². The van der Waals surface area contributed by atoms with Gasteiger partial charge in [0.05, 0.1) is 33.8 Å². The third-order valence-electron chi connectivity index (χ3n) is 15.5. The number of hydrogen-bond acceptors (Lipinski definition) is 6. The Morgan fingerprint density at radius 2 is 0.762 bits per heavy atom. The molecule has 0 aliphatic carbocycles. The average Bonchev–Trinajstić information content (AvgIpc) is 3.42. The second-order valence-electron chi connectivity index (χ2n) is 24.7. The second kappa shape index (κ2) is 60.1. The smallest absolute Gasteiger partial charge is 0.456 e. The molecule has 0 rings (SSSR count). The lowest BCUT2D eigenvalue weighted by molar-refractivity contribution is -0.870. The van der Waals surface area contributed by atoms with Crippen LogP contribution in [0.4, 0.5) is 0 Å². The number of unbranched alkanes of at least 4 members (excludes halogenated alkanes) is 41. The standard InChI is InChI=1S/C70H133N2O7P/c1-7-10-13-16-19-22-25-28-30-32-34-36-38-40-42-44-47-50-53-56-59-62-69(73)71-67(66-78-80(75,76)77-65-64-72(4,5)6)68(61-58-55-52-49-46-27-24-21-18-15-12-9-3)79-70(74)63-60-57-54-51-48-45-43-41-39-37-35-33-31-29-26-23-20-17-14-11-8-2/h20,23,28-31,58,61,67-68H,7-19,21-22,24-27,32-57,59-60,62-66H2,1-6H3,(H-,71,73,75,76)/p+1/b23-20-,30-28+,31-29-,61-58+. The number of ether oxygens (including phenoxy) is 1. The fraction of sp³-hybridized carbons (Fsp3) is 0.857. The molecule has 0 aliphatic rings. The highest BCUT2D eigenvalue weighted by Crippen LogP contribution is 2.43. The number of amides is 1. The molecule has 0 radical (unpaired) electrons. The molecule has 3 atom stereocenters. The number of hydrogen-bond donors (Lipinski definition) is 2. The topological polar surface area (TPSA) is 111 Å². The van der Waals surface area contributed by atoms with Gasteiger partial charge in [0.1, 0.15) is 19.3 Å². The summed E-state index contributed by atoms with van der Waals surface area (Å²) in [6, 6.07) is -0.849. The van der Waals surface area contributed by atoms with Crippen molar-refractivity contribution in [3.8, 4) is 0 Å². The van der Waals surface area contributed by atoms with E-state index in [4.69, 9.17) is 13.8 Å². The Morgan fingerprint density at radius 3 is 1.16 bits per heavy atom. The Labute approximate surface area is 497 Å². The normalized spacial score (nSPS) is 13.8. The van der Waals surface area contributed by atoms with E-state index < -0.39 is 20.0 Å². The van der Waals surface area contributed by atoms with Gasteiger partial charge in [-0.2, -0.15) is 0 Å². The summed E-state index contributed by atoms with van der Waals surface area (Å²) in [6.45, 7) is 7.03. The highest BCUT2D eigenvalue weighted by Gasteiger charge is 2.30. The number of allylic oxidation sites excluding steroid dienone is 7. The van der Waals surface area contributed by atoms with E-state index in [-0.39, 0.29) is 25.1 Å². The van der Waals surface area contributed by atoms with Crippen molar-refractivity contribution < 1.29 is 37.3 Å². The molecule has 80 heavy (non-hydrogen) atoms. The molecule has 9 nitrogen and oxygen atoms in total. The summed E-state index contributed by atoms with van der Waals surface area (Å²) in [5.41, 5.74) is 0. The van der Waals surface area contributed by atoms with E-state index in [1.165, 1.54) is 238 Å². The number of rotatable bonds is 63. The number of phosphoric acid groups is 1. The number of nitrogens with zero attached hydrogens (tertiary/aromatic N) is 1. The highest BCUT2D eigenvalue weighted by molar-refractivity contribution is 7.47. The molecule has 0 aromatic heterocycles. The molecule has 0 aromatic rings. The first-order valence-electron chi connectivity index (χ1n) is 34.5. The largest absolute Gasteiger partial charge is 0.472 e. The predicted molar refractivity (Wildman–Crippen MR) is 346 cm³/mol. The molecule has 2 N–H and O–H groups in total. The van der Waals surface area contributed by atoms with Crippen LogP contribution < -0.4 is 5.32 Å². The molecule has 10 heteroatoms. The molecule has 3 unspecified atom stereocenters. The lowest BCUT2D eigenvalue weighted by atomic mass is 10.0. The van der Waals surface area contributed by atoms with Crippen LogP contribution in [0.5, 0.6) is 0 Å². The molecule has 470 valence electrons. The van der Waals surface area contributed by atoms with E-state index >= 15 is 0 Å². The summed E-state index contributed by atoms with van der Waals surface area (Å²) in [4.78, 5) is 37.9. The first kappa shape index (κ1) is 78.0. The van der Waals surface area contributed by atoms with E-state index in [9.17, 15) is 19.0 Å². The van der Waals surface area contributed by atoms with Crippen LogP contribution in [0, 0.1) is 0 Å². The molecule has 1 amide bonds. The fourth-order valence-electron chi connectivity index (χ4n) is 10.1. The van der Waals surface area contributed by atoms with Crippen LogP contribution in [0.2, 0.25) is 0 Å². The molecule has 0 aromatic carbocycles. The molecule has 0 saturated heterocycles. The Morgan fingerprint density at radius 1 is 0.438 bits per heavy atom. The summed E-state index contributed by atoms with van der Waals surface area (Å²) in [7, 11) is 1.50. The van der Waals surface area contributed by atoms with Gasteiger partial charge in [-0.25, -0.2) is 4.57 Å². The van der Waals surface area contributed by atoms with Gasteiger partial charge in [-0.3, -0.25) is 18.6 Å². The van der Waals surface area contributed by atoms with Crippen molar-refractivity contribution in [2.45, 2.75) is 348 Å². The van der Waals surface area contributed by atoms with E-state index in [1.807, 2.05) is 33.3 Å². The van der Waals surface area contributed by atoms with Gasteiger partial charge in [-0.1, -0.05) is 282 Å². The molecular weight excluding hydrogens is 1010 g/mol. The van der Waals surface area contributed by atoms with E-state index in [0.29, 0.717) is 23.9 Å². The van der Waals surface area contributed by atoms with Crippen molar-refractivity contribution in [1.29, 1.82) is 0 Å². The number of esters is 1. The molecule has 0 spiro atoms. The number of likely N-dealkylation sites (N-methyl/N-ethyl adjacent to an activating group) is 1. The van der Waals surface area contributed by atoms with Gasteiger partial charge in [-0.15, -0.1) is 0 Å². The van der Waals surface area contributed by atoms with Crippen LogP contribution in [0.15, 0.2) is 48.6 Å². The number of carbonyl (C=O) groups excluding carboxylic acids is 2. The summed E-state index contributed by atoms with van der Waals surface area (Å²) in [5, 5.41) is 3.07. The Bertz CT molecular complexity index is 1510. The predicted octanol–water partition coefficient (Wildman–Crippen LogP) is 21.6.